The lowest BCUT2D eigenvalue weighted by Gasteiger charge is -2.51. The summed E-state index contributed by atoms with van der Waals surface area (Å²) in [6.45, 7) is 0.0484. The molecule has 0 radical (unpaired) electrons. The monoisotopic (exact) mass is 637 g/mol. The summed E-state index contributed by atoms with van der Waals surface area (Å²) in [6, 6.07) is -4.64. The molecule has 2 aliphatic heterocycles. The molecule has 2 saturated heterocycles. The number of nitrogens with two attached hydrogens (primary N) is 5. The third kappa shape index (κ3) is 7.52. The summed E-state index contributed by atoms with van der Waals surface area (Å²) in [7, 11) is 0. The lowest BCUT2D eigenvalue weighted by Crippen LogP contribution is -2.70. The predicted octanol–water partition coefficient (Wildman–Crippen LogP) is -8.06. The highest BCUT2D eigenvalue weighted by Gasteiger charge is 2.59. The molecule has 2 heterocycles. The van der Waals surface area contributed by atoms with Crippen LogP contribution in [-0.2, 0) is 19.0 Å². The van der Waals surface area contributed by atoms with E-state index in [1.54, 1.807) is 0 Å². The molecule has 18 heteroatoms. The summed E-state index contributed by atoms with van der Waals surface area (Å²) < 4.78 is 17.8. The molecule has 0 bridgehead atoms. The van der Waals surface area contributed by atoms with Crippen LogP contribution in [-0.4, -0.2) is 165 Å². The number of nitrogens with one attached hydrogen (secondary N) is 2. The third-order valence-electron chi connectivity index (χ3n) is 9.37. The number of hydrogen-bond acceptors (Lipinski definition) is 17. The molecule has 17 unspecified atom stereocenters. The Morgan fingerprint density at radius 3 is 2.30 bits per heavy atom. The van der Waals surface area contributed by atoms with Crippen LogP contribution in [0.5, 0.6) is 0 Å². The molecule has 18 nitrogen and oxygen atoms in total. The number of amides is 1. The molecule has 19 N–H and O–H groups in total. The van der Waals surface area contributed by atoms with E-state index in [0.29, 0.717) is 13.0 Å². The molecule has 0 aromatic rings. The number of aliphatic hydroxyl groups is 7. The van der Waals surface area contributed by atoms with Crippen LogP contribution < -0.4 is 39.3 Å². The first kappa shape index (κ1) is 35.7. The molecule has 1 amide bonds. The lowest BCUT2D eigenvalue weighted by molar-refractivity contribution is -0.306. The highest BCUT2D eigenvalue weighted by Crippen LogP contribution is 2.38. The van der Waals surface area contributed by atoms with E-state index in [4.69, 9.17) is 42.9 Å². The first-order valence-electron chi connectivity index (χ1n) is 15.2. The van der Waals surface area contributed by atoms with Gasteiger partial charge in [-0.3, -0.25) is 4.79 Å². The van der Waals surface area contributed by atoms with Crippen LogP contribution in [0.15, 0.2) is 0 Å². The van der Waals surface area contributed by atoms with Gasteiger partial charge >= 0.3 is 0 Å². The molecule has 2 saturated carbocycles. The number of hydrogen-bond donors (Lipinski definition) is 14. The van der Waals surface area contributed by atoms with E-state index in [1.807, 2.05) is 0 Å². The van der Waals surface area contributed by atoms with Crippen molar-refractivity contribution in [2.24, 2.45) is 34.6 Å². The van der Waals surface area contributed by atoms with Gasteiger partial charge in [0.1, 0.15) is 24.4 Å². The van der Waals surface area contributed by atoms with E-state index in [1.165, 1.54) is 0 Å². The Morgan fingerprint density at radius 2 is 1.68 bits per heavy atom. The van der Waals surface area contributed by atoms with Crippen molar-refractivity contribution < 1.29 is 54.8 Å². The summed E-state index contributed by atoms with van der Waals surface area (Å²) in [4.78, 5) is 12.9. The van der Waals surface area contributed by atoms with Crippen molar-refractivity contribution in [1.29, 1.82) is 0 Å². The molecule has 0 aromatic heterocycles. The normalized spacial score (nSPS) is 48.5. The van der Waals surface area contributed by atoms with Gasteiger partial charge in [-0.1, -0.05) is 0 Å². The highest BCUT2D eigenvalue weighted by molar-refractivity contribution is 5.89. The van der Waals surface area contributed by atoms with Crippen LogP contribution in [0.3, 0.4) is 0 Å². The molecule has 256 valence electrons. The number of rotatable bonds is 12. The standard InChI is InChI=1S/C26H51N7O11/c27-2-1-9(35)6-32-7-14-13(36)4-11(29)22(42-14)17-10(28)3-12(33-25(40)26(41)5-16(26)30)23(20(17)38)44-24-21(39)18(31)19(37)15(8-34)43-24/h9-24,32,34-39,41H,1-8,27-31H2,(H,33,40). The van der Waals surface area contributed by atoms with Crippen molar-refractivity contribution >= 4 is 5.91 Å². The van der Waals surface area contributed by atoms with E-state index < -0.39 is 115 Å². The first-order valence-corrected chi connectivity index (χ1v) is 15.2. The van der Waals surface area contributed by atoms with Gasteiger partial charge in [-0.05, 0) is 25.8 Å². The molecular formula is C26H51N7O11. The third-order valence-corrected chi connectivity index (χ3v) is 9.37. The Hall–Kier alpha value is -1.17. The molecule has 4 fully saturated rings. The fourth-order valence-corrected chi connectivity index (χ4v) is 6.47. The largest absolute Gasteiger partial charge is 0.394 e. The predicted molar refractivity (Wildman–Crippen MR) is 152 cm³/mol. The van der Waals surface area contributed by atoms with E-state index >= 15 is 0 Å². The minimum Gasteiger partial charge on any atom is -0.394 e. The summed E-state index contributed by atoms with van der Waals surface area (Å²) >= 11 is 0. The van der Waals surface area contributed by atoms with Gasteiger partial charge in [0, 0.05) is 43.6 Å². The maximum atomic E-state index is 12.9. The molecule has 2 aliphatic carbocycles. The molecule has 4 rings (SSSR count). The van der Waals surface area contributed by atoms with Gasteiger partial charge in [0.05, 0.1) is 49.2 Å². The Morgan fingerprint density at radius 1 is 1.00 bits per heavy atom. The van der Waals surface area contributed by atoms with Crippen molar-refractivity contribution in [3.05, 3.63) is 0 Å². The van der Waals surface area contributed by atoms with Gasteiger partial charge < -0.3 is 89.3 Å². The van der Waals surface area contributed by atoms with Crippen LogP contribution in [0.2, 0.25) is 0 Å². The Kier molecular flexibility index (Phi) is 11.9. The number of carbonyl (C=O) groups is 1. The van der Waals surface area contributed by atoms with Crippen molar-refractivity contribution in [1.82, 2.24) is 10.6 Å². The fourth-order valence-electron chi connectivity index (χ4n) is 6.47. The van der Waals surface area contributed by atoms with Crippen LogP contribution in [0.1, 0.15) is 25.7 Å². The summed E-state index contributed by atoms with van der Waals surface area (Å²) in [5.74, 6) is -1.69. The van der Waals surface area contributed by atoms with Gasteiger partial charge in [-0.25, -0.2) is 0 Å². The summed E-state index contributed by atoms with van der Waals surface area (Å²) in [6.07, 6.45) is -11.3. The van der Waals surface area contributed by atoms with E-state index in [-0.39, 0.29) is 32.4 Å². The highest BCUT2D eigenvalue weighted by atomic mass is 16.7. The second kappa shape index (κ2) is 14.7. The van der Waals surface area contributed by atoms with Crippen LogP contribution in [0.25, 0.3) is 0 Å². The molecule has 44 heavy (non-hydrogen) atoms. The van der Waals surface area contributed by atoms with Gasteiger partial charge in [-0.15, -0.1) is 0 Å². The Bertz CT molecular complexity index is 958. The van der Waals surface area contributed by atoms with E-state index in [0.717, 1.165) is 0 Å². The van der Waals surface area contributed by atoms with Gasteiger partial charge in [0.25, 0.3) is 5.91 Å². The van der Waals surface area contributed by atoms with Crippen molar-refractivity contribution in [3.8, 4) is 0 Å². The molecule has 4 aliphatic rings. The maximum Gasteiger partial charge on any atom is 0.253 e. The summed E-state index contributed by atoms with van der Waals surface area (Å²) in [5.41, 5.74) is 28.3. The number of ether oxygens (including phenoxy) is 3. The maximum absolute atomic E-state index is 12.9. The van der Waals surface area contributed by atoms with Crippen LogP contribution >= 0.6 is 0 Å². The van der Waals surface area contributed by atoms with Crippen LogP contribution in [0.4, 0.5) is 0 Å². The van der Waals surface area contributed by atoms with E-state index in [2.05, 4.69) is 10.6 Å². The molecule has 17 atom stereocenters. The van der Waals surface area contributed by atoms with Gasteiger partial charge in [0.2, 0.25) is 0 Å². The minimum atomic E-state index is -1.80. The fraction of sp³-hybridized carbons (Fsp3) is 0.962. The van der Waals surface area contributed by atoms with Crippen molar-refractivity contribution in [2.75, 3.05) is 26.2 Å². The van der Waals surface area contributed by atoms with Gasteiger partial charge in [-0.2, -0.15) is 0 Å². The minimum absolute atomic E-state index is 0.00764. The Balaban J connectivity index is 1.54. The lowest BCUT2D eigenvalue weighted by atomic mass is 9.72. The second-order valence-electron chi connectivity index (χ2n) is 12.7. The Labute approximate surface area is 255 Å². The average molecular weight is 638 g/mol. The average Bonchev–Trinajstić information content (AvgIpc) is 3.59. The quantitative estimate of drug-likeness (QED) is 0.0944. The van der Waals surface area contributed by atoms with E-state index in [9.17, 15) is 40.5 Å². The first-order chi connectivity index (χ1) is 20.7. The van der Waals surface area contributed by atoms with Gasteiger partial charge in [0.15, 0.2) is 11.9 Å². The SMILES string of the molecule is NCCC(O)CNCC1OC(C2C(N)CC(NC(=O)C3(O)CC3N)C(OC3OC(CO)C(O)C(N)C3O)C2O)C(N)CC1O. The van der Waals surface area contributed by atoms with Crippen LogP contribution in [0, 0.1) is 5.92 Å². The molecular weight excluding hydrogens is 586 g/mol. The molecule has 0 spiro atoms. The zero-order valence-electron chi connectivity index (χ0n) is 24.5. The number of carbonyl (C=O) groups excluding carboxylic acids is 1. The topological polar surface area (TPSA) is 341 Å². The van der Waals surface area contributed by atoms with Crippen molar-refractivity contribution in [2.45, 2.75) is 123 Å². The smallest absolute Gasteiger partial charge is 0.253 e. The molecule has 0 aromatic carbocycles. The second-order valence-corrected chi connectivity index (χ2v) is 12.7. The summed E-state index contributed by atoms with van der Waals surface area (Å²) in [5, 5.41) is 79.2. The zero-order chi connectivity index (χ0) is 32.5. The zero-order valence-corrected chi connectivity index (χ0v) is 24.5. The number of aliphatic hydroxyl groups excluding tert-OH is 6. The van der Waals surface area contributed by atoms with Crippen molar-refractivity contribution in [3.63, 3.8) is 0 Å².